The van der Waals surface area contributed by atoms with Gasteiger partial charge in [-0.05, 0) is 30.7 Å². The molecule has 21 heavy (non-hydrogen) atoms. The summed E-state index contributed by atoms with van der Waals surface area (Å²) in [6, 6.07) is 5.81. The Morgan fingerprint density at radius 3 is 3.00 bits per heavy atom. The minimum atomic E-state index is 0.176. The molecule has 1 aromatic heterocycles. The Bertz CT molecular complexity index is 759. The third-order valence-electron chi connectivity index (χ3n) is 2.96. The lowest BCUT2D eigenvalue weighted by Gasteiger charge is -2.06. The van der Waals surface area contributed by atoms with Gasteiger partial charge in [0.15, 0.2) is 11.5 Å². The number of hydrogen-bond donors (Lipinski definition) is 0. The zero-order chi connectivity index (χ0) is 14.8. The molecular formula is C15H12N2O3S. The molecule has 2 aromatic rings. The molecule has 0 saturated carbocycles. The second-order valence-corrected chi connectivity index (χ2v) is 5.28. The Hall–Kier alpha value is -2.52. The molecule has 0 radical (unpaired) electrons. The number of fused-ring (bicyclic) bond motifs is 1. The number of nitrogens with zero attached hydrogens (tertiary/aromatic N) is 2. The van der Waals surface area contributed by atoms with E-state index >= 15 is 0 Å². The molecule has 106 valence electrons. The number of aromatic nitrogens is 1. The summed E-state index contributed by atoms with van der Waals surface area (Å²) in [4.78, 5) is 4.33. The smallest absolute Gasteiger partial charge is 0.231 e. The van der Waals surface area contributed by atoms with Crippen LogP contribution in [0.25, 0.3) is 11.6 Å². The fourth-order valence-electron chi connectivity index (χ4n) is 2.02. The number of methoxy groups -OCH3 is 1. The van der Waals surface area contributed by atoms with Crippen molar-refractivity contribution in [2.24, 2.45) is 0 Å². The van der Waals surface area contributed by atoms with Crippen LogP contribution in [0.1, 0.15) is 16.3 Å². The van der Waals surface area contributed by atoms with Crippen molar-refractivity contribution in [1.82, 2.24) is 4.98 Å². The molecule has 0 N–H and O–H groups in total. The number of allylic oxidation sites excluding steroid dienone is 1. The molecule has 0 bridgehead atoms. The number of hydrogen-bond acceptors (Lipinski definition) is 6. The van der Waals surface area contributed by atoms with Gasteiger partial charge in [0, 0.05) is 11.1 Å². The summed E-state index contributed by atoms with van der Waals surface area (Å²) in [6.45, 7) is 2.08. The average Bonchev–Trinajstić information content (AvgIpc) is 3.12. The number of rotatable bonds is 3. The van der Waals surface area contributed by atoms with E-state index in [4.69, 9.17) is 14.2 Å². The molecule has 0 unspecified atom stereocenters. The maximum Gasteiger partial charge on any atom is 0.231 e. The molecule has 0 amide bonds. The highest BCUT2D eigenvalue weighted by Gasteiger charge is 2.20. The number of aryl methyl sites for hydroxylation is 1. The fraction of sp³-hybridized carbons (Fsp3) is 0.200. The first-order valence-corrected chi connectivity index (χ1v) is 7.11. The topological polar surface area (TPSA) is 64.4 Å². The summed E-state index contributed by atoms with van der Waals surface area (Å²) in [6.07, 6.45) is 1.77. The van der Waals surface area contributed by atoms with E-state index in [0.717, 1.165) is 11.3 Å². The molecule has 0 atom stereocenters. The van der Waals surface area contributed by atoms with Gasteiger partial charge in [0.2, 0.25) is 12.5 Å². The van der Waals surface area contributed by atoms with Crippen molar-refractivity contribution in [3.05, 3.63) is 33.8 Å². The summed E-state index contributed by atoms with van der Waals surface area (Å²) >= 11 is 1.45. The number of thiazole rings is 1. The van der Waals surface area contributed by atoms with Gasteiger partial charge in [-0.2, -0.15) is 5.26 Å². The van der Waals surface area contributed by atoms with Crippen molar-refractivity contribution >= 4 is 23.0 Å². The molecule has 0 spiro atoms. The van der Waals surface area contributed by atoms with Crippen LogP contribution in [0.15, 0.2) is 17.5 Å². The molecule has 6 heteroatoms. The predicted octanol–water partition coefficient (Wildman–Crippen LogP) is 3.25. The van der Waals surface area contributed by atoms with Gasteiger partial charge >= 0.3 is 0 Å². The van der Waals surface area contributed by atoms with Crippen molar-refractivity contribution in [3.8, 4) is 23.3 Å². The Morgan fingerprint density at radius 2 is 2.33 bits per heavy atom. The van der Waals surface area contributed by atoms with E-state index in [-0.39, 0.29) is 6.79 Å². The van der Waals surface area contributed by atoms with E-state index in [1.165, 1.54) is 11.3 Å². The SMILES string of the molecule is COc1cc(C=C(C#N)c2nc(C)cs2)cc2c1OCO2. The van der Waals surface area contributed by atoms with Gasteiger partial charge in [-0.1, -0.05) is 0 Å². The van der Waals surface area contributed by atoms with E-state index in [1.54, 1.807) is 13.2 Å². The lowest BCUT2D eigenvalue weighted by atomic mass is 10.1. The van der Waals surface area contributed by atoms with Crippen LogP contribution in [-0.4, -0.2) is 18.9 Å². The van der Waals surface area contributed by atoms with Gasteiger partial charge in [-0.15, -0.1) is 11.3 Å². The molecule has 0 fully saturated rings. The average molecular weight is 300 g/mol. The van der Waals surface area contributed by atoms with Gasteiger partial charge in [-0.25, -0.2) is 4.98 Å². The third-order valence-corrected chi connectivity index (χ3v) is 3.96. The summed E-state index contributed by atoms with van der Waals surface area (Å²) in [7, 11) is 1.57. The Labute approximate surface area is 126 Å². The maximum absolute atomic E-state index is 9.33. The Morgan fingerprint density at radius 1 is 1.48 bits per heavy atom. The number of nitriles is 1. The van der Waals surface area contributed by atoms with Crippen LogP contribution < -0.4 is 14.2 Å². The van der Waals surface area contributed by atoms with Crippen molar-refractivity contribution in [3.63, 3.8) is 0 Å². The maximum atomic E-state index is 9.33. The molecule has 1 aliphatic rings. The lowest BCUT2D eigenvalue weighted by molar-refractivity contribution is 0.171. The number of ether oxygens (including phenoxy) is 3. The lowest BCUT2D eigenvalue weighted by Crippen LogP contribution is -1.93. The van der Waals surface area contributed by atoms with Gasteiger partial charge < -0.3 is 14.2 Å². The zero-order valence-corrected chi connectivity index (χ0v) is 12.4. The van der Waals surface area contributed by atoms with Crippen LogP contribution in [0.3, 0.4) is 0 Å². The van der Waals surface area contributed by atoms with Crippen LogP contribution in [0.2, 0.25) is 0 Å². The van der Waals surface area contributed by atoms with Crippen molar-refractivity contribution in [2.75, 3.05) is 13.9 Å². The quantitative estimate of drug-likeness (QED) is 0.814. The standard InChI is InChI=1S/C15H12N2O3S/c1-9-7-21-15(17-9)11(6-16)3-10-4-12(18-2)14-13(5-10)19-8-20-14/h3-5,7H,8H2,1-2H3. The largest absolute Gasteiger partial charge is 0.493 e. The van der Waals surface area contributed by atoms with Crippen molar-refractivity contribution < 1.29 is 14.2 Å². The molecule has 3 rings (SSSR count). The highest BCUT2D eigenvalue weighted by Crippen LogP contribution is 2.42. The summed E-state index contributed by atoms with van der Waals surface area (Å²) in [5.41, 5.74) is 2.22. The van der Waals surface area contributed by atoms with Gasteiger partial charge in [0.25, 0.3) is 0 Å². The van der Waals surface area contributed by atoms with Crippen LogP contribution in [0.5, 0.6) is 17.2 Å². The molecular weight excluding hydrogens is 288 g/mol. The minimum Gasteiger partial charge on any atom is -0.493 e. The second kappa shape index (κ2) is 5.46. The highest BCUT2D eigenvalue weighted by molar-refractivity contribution is 7.11. The summed E-state index contributed by atoms with van der Waals surface area (Å²) in [5.74, 6) is 1.80. The zero-order valence-electron chi connectivity index (χ0n) is 11.5. The Kier molecular flexibility index (Phi) is 3.50. The van der Waals surface area contributed by atoms with Crippen molar-refractivity contribution in [2.45, 2.75) is 6.92 Å². The minimum absolute atomic E-state index is 0.176. The summed E-state index contributed by atoms with van der Waals surface area (Å²) < 4.78 is 16.0. The van der Waals surface area contributed by atoms with E-state index < -0.39 is 0 Å². The van der Waals surface area contributed by atoms with Crippen molar-refractivity contribution in [1.29, 1.82) is 5.26 Å². The van der Waals surface area contributed by atoms with Gasteiger partial charge in [-0.3, -0.25) is 0 Å². The van der Waals surface area contributed by atoms with E-state index in [2.05, 4.69) is 11.1 Å². The first-order chi connectivity index (χ1) is 10.2. The van der Waals surface area contributed by atoms with Crippen LogP contribution in [-0.2, 0) is 0 Å². The molecule has 2 heterocycles. The van der Waals surface area contributed by atoms with E-state index in [1.807, 2.05) is 24.4 Å². The monoisotopic (exact) mass is 300 g/mol. The Balaban J connectivity index is 2.04. The number of benzene rings is 1. The second-order valence-electron chi connectivity index (χ2n) is 4.42. The molecule has 5 nitrogen and oxygen atoms in total. The van der Waals surface area contributed by atoms with Gasteiger partial charge in [0.1, 0.15) is 11.1 Å². The van der Waals surface area contributed by atoms with Gasteiger partial charge in [0.05, 0.1) is 12.7 Å². The molecule has 0 aliphatic carbocycles. The highest BCUT2D eigenvalue weighted by atomic mass is 32.1. The first-order valence-electron chi connectivity index (χ1n) is 6.23. The van der Waals surface area contributed by atoms with E-state index in [9.17, 15) is 5.26 Å². The molecule has 0 saturated heterocycles. The van der Waals surface area contributed by atoms with E-state index in [0.29, 0.717) is 27.8 Å². The molecule has 1 aliphatic heterocycles. The predicted molar refractivity (Wildman–Crippen MR) is 79.5 cm³/mol. The normalized spacial score (nSPS) is 13.1. The van der Waals surface area contributed by atoms with Crippen LogP contribution in [0, 0.1) is 18.3 Å². The molecule has 1 aromatic carbocycles. The van der Waals surface area contributed by atoms with Crippen LogP contribution >= 0.6 is 11.3 Å². The summed E-state index contributed by atoms with van der Waals surface area (Å²) in [5, 5.41) is 11.9. The first kappa shape index (κ1) is 13.5. The van der Waals surface area contributed by atoms with Crippen LogP contribution in [0.4, 0.5) is 0 Å². The fourth-order valence-corrected chi connectivity index (χ4v) is 2.78. The third kappa shape index (κ3) is 2.56.